The van der Waals surface area contributed by atoms with Crippen LogP contribution in [0.2, 0.25) is 0 Å². The molecule has 3 aromatic rings. The number of morpholine rings is 1. The van der Waals surface area contributed by atoms with Crippen LogP contribution in [0.3, 0.4) is 0 Å². The molecule has 7 aliphatic rings. The first-order valence-electron chi connectivity index (χ1n) is 25.9. The van der Waals surface area contributed by atoms with Gasteiger partial charge in [0.25, 0.3) is 0 Å². The highest BCUT2D eigenvalue weighted by Gasteiger charge is 2.56. The van der Waals surface area contributed by atoms with Crippen LogP contribution in [0, 0.1) is 5.92 Å². The largest absolute Gasteiger partial charge is 0.507 e. The first kappa shape index (κ1) is 58.1. The zero-order chi connectivity index (χ0) is 57.6. The summed E-state index contributed by atoms with van der Waals surface area (Å²) in [6.07, 6.45) is -14.5. The van der Waals surface area contributed by atoms with Crippen molar-refractivity contribution in [1.82, 2.24) is 15.1 Å². The van der Waals surface area contributed by atoms with Gasteiger partial charge in [-0.15, -0.1) is 0 Å². The van der Waals surface area contributed by atoms with E-state index in [1.165, 1.54) is 49.5 Å². The minimum absolute atomic E-state index is 0.0589. The van der Waals surface area contributed by atoms with Crippen molar-refractivity contribution in [2.24, 2.45) is 5.92 Å². The molecule has 2 aliphatic carbocycles. The lowest BCUT2D eigenvalue weighted by molar-refractivity contribution is -0.271. The Labute approximate surface area is 456 Å². The number of aryl methyl sites for hydroxylation is 1. The molecule has 5 aliphatic heterocycles. The number of rotatable bonds is 15. The molecule has 0 radical (unpaired) electrons. The van der Waals surface area contributed by atoms with Crippen LogP contribution in [-0.2, 0) is 70.0 Å². The number of phenols is 2. The molecule has 0 saturated carbocycles. The number of imide groups is 1. The Kier molecular flexibility index (Phi) is 17.1. The topological polar surface area (TPSA) is 363 Å². The normalized spacial score (nSPS) is 31.7. The Morgan fingerprint density at radius 1 is 0.875 bits per heavy atom. The highest BCUT2D eigenvalue weighted by atomic mass is 16.7. The Balaban J connectivity index is 0.000000630. The number of aliphatic carboxylic acids is 1. The van der Waals surface area contributed by atoms with E-state index in [9.17, 15) is 69.3 Å². The van der Waals surface area contributed by atoms with Crippen LogP contribution in [0.5, 0.6) is 23.0 Å². The van der Waals surface area contributed by atoms with E-state index >= 15 is 0 Å². The van der Waals surface area contributed by atoms with E-state index < -0.39 is 145 Å². The highest BCUT2D eigenvalue weighted by molar-refractivity contribution is 6.31. The van der Waals surface area contributed by atoms with Crippen molar-refractivity contribution < 1.29 is 112 Å². The van der Waals surface area contributed by atoms with Gasteiger partial charge in [-0.1, -0.05) is 31.2 Å². The summed E-state index contributed by atoms with van der Waals surface area (Å²) in [4.78, 5) is 92.4. The maximum atomic E-state index is 14.2. The summed E-state index contributed by atoms with van der Waals surface area (Å²) < 4.78 is 51.8. The Morgan fingerprint density at radius 2 is 1.60 bits per heavy atom. The van der Waals surface area contributed by atoms with Crippen molar-refractivity contribution >= 4 is 41.1 Å². The Morgan fingerprint density at radius 3 is 2.26 bits per heavy atom. The van der Waals surface area contributed by atoms with Crippen LogP contribution in [0.1, 0.15) is 94.2 Å². The number of aliphatic hydroxyl groups excluding tert-OH is 3. The van der Waals surface area contributed by atoms with E-state index in [1.54, 1.807) is 33.0 Å². The molecule has 3 aromatic carbocycles. The molecular formula is C54H63N3O23. The number of aliphatic hydroxyl groups is 4. The second kappa shape index (κ2) is 23.5. The summed E-state index contributed by atoms with van der Waals surface area (Å²) >= 11 is 0. The predicted molar refractivity (Wildman–Crippen MR) is 267 cm³/mol. The molecule has 0 spiro atoms. The van der Waals surface area contributed by atoms with E-state index in [0.29, 0.717) is 31.8 Å². The third kappa shape index (κ3) is 10.9. The molecule has 26 nitrogen and oxygen atoms in total. The number of aromatic hydroxyl groups is 2. The molecule has 5 heterocycles. The molecule has 8 N–H and O–H groups in total. The van der Waals surface area contributed by atoms with Crippen molar-refractivity contribution in [1.29, 1.82) is 0 Å². The number of ketones is 3. The van der Waals surface area contributed by atoms with Crippen LogP contribution < -0.4 is 14.8 Å². The molecule has 26 heteroatoms. The van der Waals surface area contributed by atoms with Crippen LogP contribution in [0.25, 0.3) is 0 Å². The molecule has 14 atom stereocenters. The second-order valence-corrected chi connectivity index (χ2v) is 20.6. The number of Topliss-reactive ketones (excluding diaryl/α,β-unsaturated/α-hetero) is 1. The van der Waals surface area contributed by atoms with E-state index in [0.717, 1.165) is 0 Å². The number of carboxylic acid groups (broad SMARTS) is 1. The van der Waals surface area contributed by atoms with Gasteiger partial charge in [0.2, 0.25) is 29.7 Å². The van der Waals surface area contributed by atoms with Crippen LogP contribution in [0.15, 0.2) is 42.5 Å². The van der Waals surface area contributed by atoms with Gasteiger partial charge in [-0.3, -0.25) is 38.6 Å². The molecule has 5 saturated heterocycles. The van der Waals surface area contributed by atoms with Crippen LogP contribution in [-0.4, -0.2) is 208 Å². The minimum Gasteiger partial charge on any atom is -0.507 e. The van der Waals surface area contributed by atoms with Crippen LogP contribution in [0.4, 0.5) is 0 Å². The lowest BCUT2D eigenvalue weighted by atomic mass is 9.72. The molecule has 0 aromatic heterocycles. The first-order chi connectivity index (χ1) is 38.1. The number of methoxy groups -OCH3 is 2. The summed E-state index contributed by atoms with van der Waals surface area (Å²) in [5.41, 5.74) is -3.51. The van der Waals surface area contributed by atoms with Gasteiger partial charge < -0.3 is 83.7 Å². The van der Waals surface area contributed by atoms with Gasteiger partial charge in [0.1, 0.15) is 53.0 Å². The molecule has 1 unspecified atom stereocenters. The molecule has 80 heavy (non-hydrogen) atoms. The first-order valence-corrected chi connectivity index (χ1v) is 25.9. The molecule has 2 amide bonds. The standard InChI is InChI=1S/C47H51NO21.C7H12N2O2/c1-19-41-24(48-13-14-63-46(62-3)43(48)68-41)15-29(65-19)67-26-17-47(60,16-23-31(26)37(54)33-32(35(23)52)34(51)22-5-4-6-25(61-2)30(22)36(33)53)27(49)18-64-28(50)12-9-20-7-10-21(11-8-20)66-45-40(57)38(55)39(56)42(69-45)44(58)59;1-5-3-6(10)9(4-8-2)7(5)11/h4-8,10-11,19,24,26,29,38-43,45-46,52,54-57,60H,9,12-18H2,1-3H3,(H,58,59);5,8H,3-4H2,1-2H3/t19-,24-,26-,29-,38-,39-,40+,41+,42-,43+,45+,46-,47-;/m0./s1. The van der Waals surface area contributed by atoms with Gasteiger partial charge in [0.05, 0.1) is 49.3 Å². The molecule has 5 fully saturated rings. The lowest BCUT2D eigenvalue weighted by Crippen LogP contribution is -2.61. The van der Waals surface area contributed by atoms with Gasteiger partial charge in [-0.05, 0) is 44.2 Å². The minimum atomic E-state index is -2.43. The quantitative estimate of drug-likeness (QED) is 0.0431. The van der Waals surface area contributed by atoms with Gasteiger partial charge >= 0.3 is 11.9 Å². The average molecular weight is 1120 g/mol. The van der Waals surface area contributed by atoms with Crippen molar-refractivity contribution in [2.75, 3.05) is 47.7 Å². The number of nitrogens with zero attached hydrogens (tertiary/aromatic N) is 2. The number of ether oxygens (including phenoxy) is 9. The molecule has 432 valence electrons. The third-order valence-electron chi connectivity index (χ3n) is 15.5. The Hall–Kier alpha value is -6.53. The SMILES string of the molecule is CNCN1C(=O)CC(C)C1=O.COc1cccc2c1C(=O)c1c(O)c3c(c(O)c1C2=O)C[C@@](O)(C(=O)COC(=O)CCc1ccc(O[C@@H]2O[C@H](C(=O)O)[C@@H](O)[C@H](O)[C@H]2O)cc1)C[C@@H]3O[C@H]1C[C@H]2[C@H](O[C@@H]3[C@@H](OC)OCCN32)[C@H](C)O1. The second-order valence-electron chi connectivity index (χ2n) is 20.6. The van der Waals surface area contributed by atoms with Gasteiger partial charge in [-0.25, -0.2) is 4.79 Å². The van der Waals surface area contributed by atoms with Crippen molar-refractivity contribution in [2.45, 2.75) is 132 Å². The Bertz CT molecular complexity index is 2920. The number of esters is 1. The van der Waals surface area contributed by atoms with Crippen LogP contribution >= 0.6 is 0 Å². The monoisotopic (exact) mass is 1120 g/mol. The van der Waals surface area contributed by atoms with E-state index in [-0.39, 0.29) is 76.8 Å². The fraction of sp³-hybridized carbons (Fsp3) is 0.537. The van der Waals surface area contributed by atoms with E-state index in [1.807, 2.05) is 0 Å². The number of benzene rings is 3. The number of nitrogens with one attached hydrogen (secondary N) is 1. The molecular weight excluding hydrogens is 1060 g/mol. The fourth-order valence-electron chi connectivity index (χ4n) is 11.3. The summed E-state index contributed by atoms with van der Waals surface area (Å²) in [5.74, 6) is -6.60. The summed E-state index contributed by atoms with van der Waals surface area (Å²) in [6.45, 7) is 3.84. The number of carboxylic acids is 1. The number of phenolic OH excluding ortho intramolecular Hbond substituents is 2. The van der Waals surface area contributed by atoms with Crippen molar-refractivity contribution in [3.8, 4) is 23.0 Å². The fourth-order valence-corrected chi connectivity index (χ4v) is 11.3. The molecule has 0 bridgehead atoms. The zero-order valence-electron chi connectivity index (χ0n) is 44.2. The van der Waals surface area contributed by atoms with E-state index in [2.05, 4.69) is 10.2 Å². The van der Waals surface area contributed by atoms with Gasteiger partial charge in [0, 0.05) is 74.4 Å². The number of fused-ring (bicyclic) bond motifs is 6. The zero-order valence-corrected chi connectivity index (χ0v) is 44.2. The van der Waals surface area contributed by atoms with Gasteiger partial charge in [-0.2, -0.15) is 0 Å². The maximum absolute atomic E-state index is 14.2. The number of likely N-dealkylation sites (tertiary alicyclic amines) is 1. The van der Waals surface area contributed by atoms with Crippen molar-refractivity contribution in [3.63, 3.8) is 0 Å². The third-order valence-corrected chi connectivity index (χ3v) is 15.5. The number of hydrogen-bond acceptors (Lipinski definition) is 24. The van der Waals surface area contributed by atoms with Gasteiger partial charge in [0.15, 0.2) is 37.3 Å². The number of hydrogen-bond donors (Lipinski definition) is 8. The summed E-state index contributed by atoms with van der Waals surface area (Å²) in [6, 6.07) is 10.0. The highest BCUT2D eigenvalue weighted by Crippen LogP contribution is 2.53. The lowest BCUT2D eigenvalue weighted by Gasteiger charge is -2.43. The maximum Gasteiger partial charge on any atom is 0.335 e. The summed E-state index contributed by atoms with van der Waals surface area (Å²) in [7, 11) is 4.53. The smallest absolute Gasteiger partial charge is 0.335 e. The summed E-state index contributed by atoms with van der Waals surface area (Å²) in [5, 5.41) is 78.6. The average Bonchev–Trinajstić information content (AvgIpc) is 3.96. The number of carbonyl (C=O) groups excluding carboxylic acids is 6. The predicted octanol–water partition coefficient (Wildman–Crippen LogP) is -0.276. The van der Waals surface area contributed by atoms with E-state index in [4.69, 9.17) is 42.6 Å². The number of amides is 2. The van der Waals surface area contributed by atoms with Crippen molar-refractivity contribution in [3.05, 3.63) is 81.4 Å². The number of carbonyl (C=O) groups is 7. The molecule has 10 rings (SSSR count).